The fourth-order valence-electron chi connectivity index (χ4n) is 5.94. The predicted octanol–water partition coefficient (Wildman–Crippen LogP) is 5.52. The third-order valence-corrected chi connectivity index (χ3v) is 11.2. The van der Waals surface area contributed by atoms with Crippen molar-refractivity contribution in [2.75, 3.05) is 21.5 Å². The number of nitrogens with one attached hydrogen (secondary N) is 4. The zero-order chi connectivity index (χ0) is 41.6. The van der Waals surface area contributed by atoms with Crippen molar-refractivity contribution in [1.29, 1.82) is 0 Å². The minimum Gasteiger partial charge on any atom is -0.308 e. The van der Waals surface area contributed by atoms with Crippen LogP contribution in [0.2, 0.25) is 0 Å². The molecule has 0 unspecified atom stereocenters. The first-order valence-corrected chi connectivity index (χ1v) is 20.8. The van der Waals surface area contributed by atoms with Gasteiger partial charge in [0.25, 0.3) is 30.4 Å². The summed E-state index contributed by atoms with van der Waals surface area (Å²) < 4.78 is 102. The Hall–Kier alpha value is -6.88. The van der Waals surface area contributed by atoms with E-state index in [2.05, 4.69) is 31.7 Å². The third-order valence-electron chi connectivity index (χ3n) is 8.61. The predicted molar refractivity (Wildman–Crippen MR) is 216 cm³/mol. The van der Waals surface area contributed by atoms with Crippen molar-refractivity contribution in [3.05, 3.63) is 135 Å². The lowest BCUT2D eigenvalue weighted by Crippen LogP contribution is -2.27. The van der Waals surface area contributed by atoms with Gasteiger partial charge in [-0.15, -0.1) is 0 Å². The molecule has 2 aliphatic carbocycles. The highest BCUT2D eigenvalue weighted by molar-refractivity contribution is 7.91. The maximum atomic E-state index is 13.5. The number of urea groups is 1. The second kappa shape index (κ2) is 14.9. The van der Waals surface area contributed by atoms with E-state index in [1.54, 1.807) is 30.3 Å². The number of amides is 2. The number of hydrazone groups is 2. The summed E-state index contributed by atoms with van der Waals surface area (Å²) in [6, 6.07) is 23.7. The SMILES string of the molecule is O=C(Nc1ccc2c(c1)C=C(S(=O)(=O)O)/C(=N\Nc1ccc3cc(S(=O)(=O)O)ccc3c1)C2=O)Nc1ccc2c(c1)C=C(S(=O)(=O)O)/C(=N/Nc1ccccc1)C2=O. The highest BCUT2D eigenvalue weighted by Crippen LogP contribution is 2.31. The molecule has 0 saturated heterocycles. The molecule has 0 radical (unpaired) electrons. The van der Waals surface area contributed by atoms with Crippen LogP contribution >= 0.6 is 0 Å². The molecule has 5 aromatic rings. The number of para-hydroxylation sites is 1. The molecule has 2 amide bonds. The Morgan fingerprint density at radius 2 is 0.966 bits per heavy atom. The molecule has 294 valence electrons. The zero-order valence-corrected chi connectivity index (χ0v) is 31.6. The molecule has 5 aromatic carbocycles. The van der Waals surface area contributed by atoms with E-state index in [0.29, 0.717) is 16.5 Å². The van der Waals surface area contributed by atoms with E-state index in [4.69, 9.17) is 0 Å². The Bertz CT molecular complexity index is 3090. The lowest BCUT2D eigenvalue weighted by Gasteiger charge is -2.18. The van der Waals surface area contributed by atoms with E-state index in [1.165, 1.54) is 72.8 Å². The molecule has 0 spiro atoms. The maximum Gasteiger partial charge on any atom is 0.323 e. The molecular formula is C37H26N6O12S3. The molecule has 21 heteroatoms. The first-order chi connectivity index (χ1) is 27.3. The van der Waals surface area contributed by atoms with Gasteiger partial charge in [-0.05, 0) is 107 Å². The molecule has 2 aliphatic rings. The largest absolute Gasteiger partial charge is 0.323 e. The van der Waals surface area contributed by atoms with Gasteiger partial charge in [0.05, 0.1) is 16.3 Å². The van der Waals surface area contributed by atoms with Crippen LogP contribution in [0.1, 0.15) is 31.8 Å². The highest BCUT2D eigenvalue weighted by atomic mass is 32.2. The second-order valence-electron chi connectivity index (χ2n) is 12.5. The number of anilines is 4. The van der Waals surface area contributed by atoms with Crippen LogP contribution in [0.4, 0.5) is 27.5 Å². The van der Waals surface area contributed by atoms with Crippen molar-refractivity contribution < 1.29 is 53.3 Å². The molecule has 0 saturated carbocycles. The number of benzene rings is 5. The number of hydrogen-bond donors (Lipinski definition) is 7. The number of carbonyl (C=O) groups excluding carboxylic acids is 3. The summed E-state index contributed by atoms with van der Waals surface area (Å²) in [6.45, 7) is 0. The van der Waals surface area contributed by atoms with Crippen LogP contribution in [0.3, 0.4) is 0 Å². The van der Waals surface area contributed by atoms with Gasteiger partial charge < -0.3 is 10.6 Å². The van der Waals surface area contributed by atoms with Crippen molar-refractivity contribution in [2.24, 2.45) is 10.2 Å². The number of hydrogen-bond acceptors (Lipinski definition) is 13. The summed E-state index contributed by atoms with van der Waals surface area (Å²) in [7, 11) is -14.4. The molecule has 0 aliphatic heterocycles. The Kier molecular flexibility index (Phi) is 10.1. The van der Waals surface area contributed by atoms with E-state index in [0.717, 1.165) is 12.2 Å². The van der Waals surface area contributed by atoms with Crippen LogP contribution in [0.15, 0.2) is 128 Å². The maximum absolute atomic E-state index is 13.5. The first-order valence-electron chi connectivity index (χ1n) is 16.4. The fraction of sp³-hybridized carbons (Fsp3) is 0. The Morgan fingerprint density at radius 1 is 0.500 bits per heavy atom. The Morgan fingerprint density at radius 3 is 1.47 bits per heavy atom. The fourth-order valence-corrected chi connectivity index (χ4v) is 7.77. The second-order valence-corrected chi connectivity index (χ2v) is 16.7. The lowest BCUT2D eigenvalue weighted by atomic mass is 9.94. The van der Waals surface area contributed by atoms with Crippen molar-refractivity contribution in [3.63, 3.8) is 0 Å². The normalized spacial score (nSPS) is 15.6. The third kappa shape index (κ3) is 8.29. The van der Waals surface area contributed by atoms with Gasteiger partial charge in [-0.3, -0.25) is 34.1 Å². The van der Waals surface area contributed by atoms with Crippen molar-refractivity contribution >= 4 is 105 Å². The van der Waals surface area contributed by atoms with Crippen molar-refractivity contribution in [3.8, 4) is 0 Å². The van der Waals surface area contributed by atoms with Crippen LogP contribution in [0.5, 0.6) is 0 Å². The number of Topliss-reactive ketones (excluding diaryl/α,β-unsaturated/α-hetero) is 2. The van der Waals surface area contributed by atoms with Crippen molar-refractivity contribution in [1.82, 2.24) is 0 Å². The number of carbonyl (C=O) groups is 3. The molecule has 18 nitrogen and oxygen atoms in total. The molecule has 0 heterocycles. The summed E-state index contributed by atoms with van der Waals surface area (Å²) in [5.74, 6) is -1.71. The molecule has 0 fully saturated rings. The van der Waals surface area contributed by atoms with E-state index in [-0.39, 0.29) is 44.2 Å². The Balaban J connectivity index is 1.09. The summed E-state index contributed by atoms with van der Waals surface area (Å²) in [5.41, 5.74) is 4.87. The summed E-state index contributed by atoms with van der Waals surface area (Å²) in [4.78, 5) is 37.9. The van der Waals surface area contributed by atoms with E-state index in [1.807, 2.05) is 0 Å². The summed E-state index contributed by atoms with van der Waals surface area (Å²) in [5, 5.41) is 13.9. The van der Waals surface area contributed by atoms with Crippen LogP contribution in [0.25, 0.3) is 22.9 Å². The van der Waals surface area contributed by atoms with Gasteiger partial charge in [0.1, 0.15) is 9.81 Å². The van der Waals surface area contributed by atoms with Gasteiger partial charge in [-0.25, -0.2) is 4.79 Å². The smallest absolute Gasteiger partial charge is 0.308 e. The monoisotopic (exact) mass is 842 g/mol. The average molecular weight is 843 g/mol. The number of allylic oxidation sites excluding steroid dienone is 2. The quantitative estimate of drug-likeness (QED) is 0.0711. The van der Waals surface area contributed by atoms with Gasteiger partial charge in [-0.1, -0.05) is 30.3 Å². The lowest BCUT2D eigenvalue weighted by molar-refractivity contribution is 0.105. The van der Waals surface area contributed by atoms with Crippen LogP contribution in [0, 0.1) is 0 Å². The van der Waals surface area contributed by atoms with Crippen LogP contribution in [-0.2, 0) is 30.4 Å². The molecule has 58 heavy (non-hydrogen) atoms. The number of nitrogens with zero attached hydrogens (tertiary/aromatic N) is 2. The molecule has 0 atom stereocenters. The topological polar surface area (TPSA) is 287 Å². The number of ketones is 2. The standard InChI is InChI=1S/C37H26N6O12S3/c44-35-29-12-9-25(15-22(29)18-31(57(50,51)52)33(35)42-40-24-4-2-1-3-5-24)38-37(46)39-26-10-13-30-23(16-26)19-32(58(53,54)55)34(36(30)45)43-41-27-8-6-21-17-28(56(47,48)49)11-7-20(21)14-27/h1-19,40-41H,(H2,38,39,46)(H,47,48,49)(H,50,51,52)(H,53,54,55)/b42-33-,43-34+. The summed E-state index contributed by atoms with van der Waals surface area (Å²) >= 11 is 0. The molecular weight excluding hydrogens is 817 g/mol. The Labute approximate surface area is 328 Å². The number of fused-ring (bicyclic) bond motifs is 3. The molecule has 7 N–H and O–H groups in total. The van der Waals surface area contributed by atoms with E-state index in [9.17, 15) is 53.3 Å². The van der Waals surface area contributed by atoms with Gasteiger partial charge in [-0.2, -0.15) is 35.5 Å². The molecule has 7 rings (SSSR count). The minimum atomic E-state index is -5.03. The van der Waals surface area contributed by atoms with Crippen molar-refractivity contribution in [2.45, 2.75) is 4.90 Å². The molecule has 0 aromatic heterocycles. The first kappa shape index (κ1) is 39.4. The highest BCUT2D eigenvalue weighted by Gasteiger charge is 2.34. The number of rotatable bonds is 9. The summed E-state index contributed by atoms with van der Waals surface area (Å²) in [6.07, 6.45) is 2.01. The zero-order valence-electron chi connectivity index (χ0n) is 29.1. The average Bonchev–Trinajstić information content (AvgIpc) is 3.16. The minimum absolute atomic E-state index is 0.00381. The van der Waals surface area contributed by atoms with Gasteiger partial charge in [0.2, 0.25) is 11.6 Å². The van der Waals surface area contributed by atoms with Gasteiger partial charge in [0.15, 0.2) is 11.4 Å². The van der Waals surface area contributed by atoms with Gasteiger partial charge >= 0.3 is 6.03 Å². The van der Waals surface area contributed by atoms with Crippen LogP contribution < -0.4 is 21.5 Å². The van der Waals surface area contributed by atoms with E-state index >= 15 is 0 Å². The molecule has 0 bridgehead atoms. The van der Waals surface area contributed by atoms with E-state index < -0.39 is 69.2 Å². The van der Waals surface area contributed by atoms with Crippen LogP contribution in [-0.4, -0.2) is 67.9 Å². The van der Waals surface area contributed by atoms with Gasteiger partial charge in [0, 0.05) is 22.5 Å².